The zero-order chi connectivity index (χ0) is 94.2. The van der Waals surface area contributed by atoms with Crippen LogP contribution in [0.5, 0.6) is 40.2 Å². The molecule has 0 heterocycles. The molecule has 0 radical (unpaired) electrons. The van der Waals surface area contributed by atoms with E-state index in [9.17, 15) is 12.6 Å². The summed E-state index contributed by atoms with van der Waals surface area (Å²) in [5, 5.41) is 7.29. The van der Waals surface area contributed by atoms with Crippen molar-refractivity contribution in [1.82, 2.24) is 0 Å². The monoisotopic (exact) mass is 1880 g/mol. The summed E-state index contributed by atoms with van der Waals surface area (Å²) in [6.07, 6.45) is 57.2. The molecule has 2 unspecified atom stereocenters. The van der Waals surface area contributed by atoms with Crippen LogP contribution in [0, 0.1) is 53.3 Å². The molecule has 7 aromatic rings. The molecule has 0 spiro atoms. The summed E-state index contributed by atoms with van der Waals surface area (Å²) in [5.41, 5.74) is 11.6. The highest BCUT2D eigenvalue weighted by molar-refractivity contribution is 7.99. The van der Waals surface area contributed by atoms with Gasteiger partial charge in [0.05, 0.1) is 73.4 Å². The van der Waals surface area contributed by atoms with Gasteiger partial charge in [-0.15, -0.1) is 11.8 Å². The van der Waals surface area contributed by atoms with Gasteiger partial charge in [0, 0.05) is 57.4 Å². The van der Waals surface area contributed by atoms with E-state index in [4.69, 9.17) is 44.7 Å². The summed E-state index contributed by atoms with van der Waals surface area (Å²) in [7, 11) is -4.04. The van der Waals surface area contributed by atoms with Gasteiger partial charge in [-0.2, -0.15) is 5.10 Å². The van der Waals surface area contributed by atoms with E-state index in [2.05, 4.69) is 155 Å². The maximum absolute atomic E-state index is 12.0. The minimum absolute atomic E-state index is 0.142. The maximum Gasteiger partial charge on any atom is 0.178 e. The first kappa shape index (κ1) is 111. The molecule has 2 atom stereocenters. The van der Waals surface area contributed by atoms with E-state index in [1.165, 1.54) is 247 Å². The average Bonchev–Trinajstić information content (AvgIpc) is 0.837. The highest BCUT2D eigenvalue weighted by atomic mass is 32.2. The largest absolute Gasteiger partial charge is 0.493 e. The van der Waals surface area contributed by atoms with Crippen molar-refractivity contribution < 1.29 is 45.8 Å². The third-order valence-corrected chi connectivity index (χ3v) is 31.1. The average molecular weight is 1880 g/mol. The second-order valence-corrected chi connectivity index (χ2v) is 43.1. The van der Waals surface area contributed by atoms with E-state index < -0.39 is 20.6 Å². The van der Waals surface area contributed by atoms with Crippen molar-refractivity contribution >= 4 is 43.8 Å². The Hall–Kier alpha value is -7.62. The van der Waals surface area contributed by atoms with Crippen LogP contribution in [0.25, 0.3) is 0 Å². The Morgan fingerprint density at radius 2 is 0.812 bits per heavy atom. The van der Waals surface area contributed by atoms with Crippen LogP contribution in [0.3, 0.4) is 0 Å². The normalized spacial score (nSPS) is 17.1. The summed E-state index contributed by atoms with van der Waals surface area (Å²) >= 11 is 1.92. The Balaban J connectivity index is 0.000000191. The van der Waals surface area contributed by atoms with Gasteiger partial charge in [0.1, 0.15) is 40.2 Å². The molecule has 736 valence electrons. The lowest BCUT2D eigenvalue weighted by Gasteiger charge is -2.22. The topological polar surface area (TPSA) is 192 Å². The number of anilines is 1. The van der Waals surface area contributed by atoms with Gasteiger partial charge >= 0.3 is 0 Å². The smallest absolute Gasteiger partial charge is 0.178 e. The zero-order valence-electron chi connectivity index (χ0n) is 83.3. The number of nitrogens with two attached hydrogens (primary N) is 2. The van der Waals surface area contributed by atoms with Crippen molar-refractivity contribution in [3.05, 3.63) is 187 Å². The van der Waals surface area contributed by atoms with Gasteiger partial charge in [-0.3, -0.25) is 4.21 Å². The van der Waals surface area contributed by atoms with Crippen LogP contribution in [-0.4, -0.2) is 88.4 Å². The lowest BCUT2D eigenvalue weighted by atomic mass is 9.90. The molecule has 133 heavy (non-hydrogen) atoms. The molecule has 0 aliphatic heterocycles. The summed E-state index contributed by atoms with van der Waals surface area (Å²) < 4.78 is 77.4. The summed E-state index contributed by atoms with van der Waals surface area (Å²) in [6.45, 7) is 21.7. The second-order valence-electron chi connectivity index (χ2n) is 38.2. The summed E-state index contributed by atoms with van der Waals surface area (Å²) in [6, 6.07) is 56.4. The minimum atomic E-state index is -3.16. The number of benzene rings is 7. The van der Waals surface area contributed by atoms with Gasteiger partial charge in [0.15, 0.2) is 9.84 Å². The molecule has 14 nitrogen and oxygen atoms in total. The molecule has 5 N–H and O–H groups in total. The van der Waals surface area contributed by atoms with Gasteiger partial charge in [0.25, 0.3) is 0 Å². The Morgan fingerprint density at radius 1 is 0.414 bits per heavy atom. The maximum atomic E-state index is 12.0. The molecule has 7 fully saturated rings. The van der Waals surface area contributed by atoms with Gasteiger partial charge in [-0.1, -0.05) is 263 Å². The van der Waals surface area contributed by atoms with Crippen molar-refractivity contribution in [3.8, 4) is 52.1 Å². The van der Waals surface area contributed by atoms with E-state index in [1.54, 1.807) is 18.2 Å². The molecular formula is C116H174N4O10S3. The van der Waals surface area contributed by atoms with Gasteiger partial charge in [-0.05, 0) is 297 Å². The van der Waals surface area contributed by atoms with E-state index in [0.717, 1.165) is 195 Å². The van der Waals surface area contributed by atoms with Gasteiger partial charge in [-0.25, -0.2) is 8.42 Å². The molecule has 0 bridgehead atoms. The molecule has 0 aromatic heterocycles. The van der Waals surface area contributed by atoms with Crippen LogP contribution in [0.15, 0.2) is 190 Å². The number of nitrogens with zero attached hydrogens (tertiary/aromatic N) is 1. The number of sulfone groups is 1. The van der Waals surface area contributed by atoms with Crippen molar-refractivity contribution in [2.24, 2.45) is 58.1 Å². The van der Waals surface area contributed by atoms with Crippen molar-refractivity contribution in [2.45, 2.75) is 358 Å². The first-order valence-corrected chi connectivity index (χ1v) is 56.7. The van der Waals surface area contributed by atoms with Crippen molar-refractivity contribution in [2.75, 3.05) is 75.4 Å². The Labute approximate surface area is 814 Å². The minimum Gasteiger partial charge on any atom is -0.493 e. The van der Waals surface area contributed by atoms with Crippen LogP contribution in [0.2, 0.25) is 0 Å². The SMILES string of the molecule is CCCC#Cc1cccc(OCC2CCCCC2)c1.CCCC(=NN)c1cccc(OCC2CCCCC2)c1.CCCC(N)c1cccc(OCC2CCCCC2)c1.CCCNc1cccc(OCC2CCCCC2)c1.CCCS(=O)(=O)c1cccc(OCC2CCCCC2)c1.CCCS(=O)c1cccc(OCC2CCCCC2)c1.CCCSc1cccc(OCC2CCCCC2)c1. The number of hydrazone groups is 1. The molecule has 14 rings (SSSR count). The predicted octanol–water partition coefficient (Wildman–Crippen LogP) is 31.0. The van der Waals surface area contributed by atoms with Crippen LogP contribution in [-0.2, 0) is 20.6 Å². The quantitative estimate of drug-likeness (QED) is 0.0108. The molecule has 0 saturated heterocycles. The van der Waals surface area contributed by atoms with Crippen molar-refractivity contribution in [3.63, 3.8) is 0 Å². The first-order chi connectivity index (χ1) is 65.2. The molecule has 17 heteroatoms. The van der Waals surface area contributed by atoms with Crippen molar-refractivity contribution in [1.29, 1.82) is 0 Å². The van der Waals surface area contributed by atoms with Crippen LogP contribution < -0.4 is 50.1 Å². The van der Waals surface area contributed by atoms with Gasteiger partial charge < -0.3 is 50.1 Å². The Bertz CT molecular complexity index is 4360. The standard InChI is InChI=1S/C18H24O.C17H26N2O.C17H27NO.C16H25NO.C16H24O3S.C16H24O2S.C16H24OS/c1-2-3-5-9-16-12-8-13-18(14-16)19-15-17-10-6-4-7-11-17;1-2-7-17(19-18)15-10-6-11-16(12-15)20-13-14-8-4-3-5-9-14;1-2-7-17(18)15-10-6-11-16(12-15)19-13-14-8-4-3-5-9-14;1-2-11-17-15-9-6-10-16(12-15)18-13-14-7-4-3-5-8-14;1-2-11-20(17,18)16-10-6-9-15(12-16)19-13-14-7-4-3-5-8-14;1-2-11-19(17)16-10-6-9-15(12-16)18-13-14-7-4-3-5-8-14;1-2-11-18-16-10-6-9-15(12-16)17-13-14-7-4-3-5-8-14/h8,12-14,17H,2-4,6-7,10-11,15H2,1H3;6,10-12,14H,2-5,7-9,13,18H2,1H3;6,10-12,14,17H,2-5,7-9,13,18H2,1H3;6,9-10,12,14,17H,2-5,7-8,11,13H2,1H3;6,9-10,12,14H,2-5,7-8,11,13H2,1H3;6,9-10,12,14H,2-5,7-8,11,13H2,1H3;6,9-10,12,14H,2-5,7-8,11,13H2,1H3. The molecule has 7 aromatic carbocycles. The lowest BCUT2D eigenvalue weighted by Crippen LogP contribution is -2.15. The second kappa shape index (κ2) is 68.4. The zero-order valence-corrected chi connectivity index (χ0v) is 85.7. The number of rotatable bonds is 40. The predicted molar refractivity (Wildman–Crippen MR) is 563 cm³/mol. The van der Waals surface area contributed by atoms with E-state index in [-0.39, 0.29) is 11.8 Å². The summed E-state index contributed by atoms with van der Waals surface area (Å²) in [4.78, 5) is 2.60. The Morgan fingerprint density at radius 3 is 1.24 bits per heavy atom. The van der Waals surface area contributed by atoms with E-state index >= 15 is 0 Å². The molecule has 7 aliphatic carbocycles. The Kier molecular flexibility index (Phi) is 56.9. The van der Waals surface area contributed by atoms with Crippen LogP contribution in [0.1, 0.15) is 360 Å². The third-order valence-electron chi connectivity index (χ3n) is 26.4. The highest BCUT2D eigenvalue weighted by Crippen LogP contribution is 2.35. The molecule has 7 saturated carbocycles. The number of ether oxygens (including phenoxy) is 7. The molecule has 7 aliphatic rings. The number of hydrogen-bond donors (Lipinski definition) is 3. The third kappa shape index (κ3) is 46.9. The fourth-order valence-electron chi connectivity index (χ4n) is 18.5. The number of nitrogens with one attached hydrogen (secondary N) is 1. The number of thioether (sulfide) groups is 1. The number of hydrogen-bond acceptors (Lipinski definition) is 15. The van der Waals surface area contributed by atoms with E-state index in [1.807, 2.05) is 79.3 Å². The molecular weight excluding hydrogens is 1710 g/mol. The first-order valence-electron chi connectivity index (χ1n) is 52.8. The van der Waals surface area contributed by atoms with E-state index in [0.29, 0.717) is 35.5 Å². The fraction of sp³-hybridized carbons (Fsp3) is 0.612. The van der Waals surface area contributed by atoms with Gasteiger partial charge in [0.2, 0.25) is 0 Å². The lowest BCUT2D eigenvalue weighted by molar-refractivity contribution is 0.208. The fourth-order valence-corrected chi connectivity index (χ4v) is 21.8. The molecule has 0 amide bonds. The van der Waals surface area contributed by atoms with Crippen LogP contribution >= 0.6 is 11.8 Å². The number of unbranched alkanes of at least 4 members (excludes halogenated alkanes) is 1. The van der Waals surface area contributed by atoms with Crippen LogP contribution in [0.4, 0.5) is 5.69 Å². The summed E-state index contributed by atoms with van der Waals surface area (Å²) in [5.74, 6) is 25.5. The highest BCUT2D eigenvalue weighted by Gasteiger charge is 2.23.